The van der Waals surface area contributed by atoms with Crippen LogP contribution in [0.5, 0.6) is 0 Å². The monoisotopic (exact) mass is 242 g/mol. The lowest BCUT2D eigenvalue weighted by Gasteiger charge is -2.19. The van der Waals surface area contributed by atoms with E-state index in [0.29, 0.717) is 6.04 Å². The average Bonchev–Trinajstić information content (AvgIpc) is 2.27. The average molecular weight is 242 g/mol. The summed E-state index contributed by atoms with van der Waals surface area (Å²) in [5.74, 6) is 0.830. The molecule has 0 fully saturated rings. The number of unbranched alkanes of at least 4 members (excludes halogenated alkanes) is 2. The standard InChI is InChI=1S/C15H34N2/c1-6-7-8-12-17(5)13-11-16-15(4)10-9-14(2)3/h14-16H,6-13H2,1-5H3. The summed E-state index contributed by atoms with van der Waals surface area (Å²) in [6, 6.07) is 0.668. The molecule has 104 valence electrons. The molecule has 0 radical (unpaired) electrons. The summed E-state index contributed by atoms with van der Waals surface area (Å²) >= 11 is 0. The predicted octanol–water partition coefficient (Wildman–Crippen LogP) is 3.52. The molecular formula is C15H34N2. The van der Waals surface area contributed by atoms with Crippen LogP contribution in [0.4, 0.5) is 0 Å². The number of nitrogens with zero attached hydrogens (tertiary/aromatic N) is 1. The molecule has 0 spiro atoms. The van der Waals surface area contributed by atoms with Crippen molar-refractivity contribution < 1.29 is 0 Å². The Kier molecular flexibility index (Phi) is 11.0. The van der Waals surface area contributed by atoms with Crippen LogP contribution >= 0.6 is 0 Å². The van der Waals surface area contributed by atoms with Crippen LogP contribution < -0.4 is 5.32 Å². The Morgan fingerprint density at radius 3 is 2.29 bits per heavy atom. The van der Waals surface area contributed by atoms with Gasteiger partial charge in [-0.1, -0.05) is 33.6 Å². The fourth-order valence-corrected chi connectivity index (χ4v) is 1.93. The van der Waals surface area contributed by atoms with Crippen molar-refractivity contribution in [3.63, 3.8) is 0 Å². The van der Waals surface area contributed by atoms with Crippen molar-refractivity contribution in [2.45, 2.75) is 65.8 Å². The zero-order valence-electron chi connectivity index (χ0n) is 12.8. The van der Waals surface area contributed by atoms with Crippen LogP contribution in [-0.4, -0.2) is 37.6 Å². The largest absolute Gasteiger partial charge is 0.313 e. The summed E-state index contributed by atoms with van der Waals surface area (Å²) < 4.78 is 0. The molecule has 0 aromatic rings. The first kappa shape index (κ1) is 16.9. The van der Waals surface area contributed by atoms with E-state index in [0.717, 1.165) is 12.5 Å². The molecule has 0 amide bonds. The highest BCUT2D eigenvalue weighted by Crippen LogP contribution is 2.06. The number of likely N-dealkylation sites (N-methyl/N-ethyl adjacent to an activating group) is 1. The summed E-state index contributed by atoms with van der Waals surface area (Å²) in [5.41, 5.74) is 0. The van der Waals surface area contributed by atoms with Crippen molar-refractivity contribution in [1.29, 1.82) is 0 Å². The molecule has 17 heavy (non-hydrogen) atoms. The second-order valence-electron chi connectivity index (χ2n) is 5.84. The van der Waals surface area contributed by atoms with Gasteiger partial charge in [0.25, 0.3) is 0 Å². The van der Waals surface area contributed by atoms with E-state index in [4.69, 9.17) is 0 Å². The summed E-state index contributed by atoms with van der Waals surface area (Å²) in [7, 11) is 2.23. The van der Waals surface area contributed by atoms with E-state index in [1.54, 1.807) is 0 Å². The molecule has 0 aliphatic heterocycles. The molecular weight excluding hydrogens is 208 g/mol. The van der Waals surface area contributed by atoms with Gasteiger partial charge in [0, 0.05) is 19.1 Å². The number of rotatable bonds is 11. The Morgan fingerprint density at radius 2 is 1.71 bits per heavy atom. The van der Waals surface area contributed by atoms with E-state index >= 15 is 0 Å². The maximum Gasteiger partial charge on any atom is 0.0104 e. The van der Waals surface area contributed by atoms with E-state index in [1.807, 2.05) is 0 Å². The van der Waals surface area contributed by atoms with E-state index in [-0.39, 0.29) is 0 Å². The minimum absolute atomic E-state index is 0.668. The summed E-state index contributed by atoms with van der Waals surface area (Å²) in [6.45, 7) is 12.7. The lowest BCUT2D eigenvalue weighted by Crippen LogP contribution is -2.34. The van der Waals surface area contributed by atoms with Crippen LogP contribution in [0, 0.1) is 5.92 Å². The van der Waals surface area contributed by atoms with Crippen LogP contribution in [-0.2, 0) is 0 Å². The molecule has 0 aromatic heterocycles. The highest BCUT2D eigenvalue weighted by atomic mass is 15.1. The minimum atomic E-state index is 0.668. The summed E-state index contributed by atoms with van der Waals surface area (Å²) in [5, 5.41) is 3.62. The van der Waals surface area contributed by atoms with Gasteiger partial charge in [0.05, 0.1) is 0 Å². The maximum absolute atomic E-state index is 3.62. The minimum Gasteiger partial charge on any atom is -0.313 e. The van der Waals surface area contributed by atoms with E-state index in [2.05, 4.69) is 45.0 Å². The van der Waals surface area contributed by atoms with Gasteiger partial charge in [0.15, 0.2) is 0 Å². The third-order valence-electron chi connectivity index (χ3n) is 3.31. The predicted molar refractivity (Wildman–Crippen MR) is 78.6 cm³/mol. The van der Waals surface area contributed by atoms with Gasteiger partial charge in [0.2, 0.25) is 0 Å². The third-order valence-corrected chi connectivity index (χ3v) is 3.31. The van der Waals surface area contributed by atoms with Crippen molar-refractivity contribution in [3.8, 4) is 0 Å². The zero-order valence-corrected chi connectivity index (χ0v) is 12.8. The topological polar surface area (TPSA) is 15.3 Å². The van der Waals surface area contributed by atoms with Gasteiger partial charge in [-0.3, -0.25) is 0 Å². The van der Waals surface area contributed by atoms with Gasteiger partial charge in [-0.2, -0.15) is 0 Å². The van der Waals surface area contributed by atoms with E-state index in [9.17, 15) is 0 Å². The normalized spacial score (nSPS) is 13.6. The van der Waals surface area contributed by atoms with Crippen molar-refractivity contribution in [2.75, 3.05) is 26.7 Å². The third kappa shape index (κ3) is 12.2. The first-order chi connectivity index (χ1) is 8.06. The first-order valence-electron chi connectivity index (χ1n) is 7.48. The molecule has 0 aliphatic carbocycles. The van der Waals surface area contributed by atoms with Gasteiger partial charge < -0.3 is 10.2 Å². The van der Waals surface area contributed by atoms with Crippen molar-refractivity contribution >= 4 is 0 Å². The number of nitrogens with one attached hydrogen (secondary N) is 1. The second-order valence-corrected chi connectivity index (χ2v) is 5.84. The molecule has 1 N–H and O–H groups in total. The maximum atomic E-state index is 3.62. The SMILES string of the molecule is CCCCCN(C)CCNC(C)CCC(C)C. The highest BCUT2D eigenvalue weighted by Gasteiger charge is 2.03. The number of hydrogen-bond acceptors (Lipinski definition) is 2. The van der Waals surface area contributed by atoms with Gasteiger partial charge >= 0.3 is 0 Å². The first-order valence-corrected chi connectivity index (χ1v) is 7.48. The van der Waals surface area contributed by atoms with Crippen LogP contribution in [0.1, 0.15) is 59.8 Å². The Hall–Kier alpha value is -0.0800. The Bertz CT molecular complexity index is 157. The molecule has 0 rings (SSSR count). The fourth-order valence-electron chi connectivity index (χ4n) is 1.93. The van der Waals surface area contributed by atoms with Crippen molar-refractivity contribution in [2.24, 2.45) is 5.92 Å². The second kappa shape index (κ2) is 11.0. The zero-order chi connectivity index (χ0) is 13.1. The van der Waals surface area contributed by atoms with Gasteiger partial charge in [0.1, 0.15) is 0 Å². The van der Waals surface area contributed by atoms with Crippen LogP contribution in [0.2, 0.25) is 0 Å². The van der Waals surface area contributed by atoms with Crippen molar-refractivity contribution in [3.05, 3.63) is 0 Å². The van der Waals surface area contributed by atoms with Gasteiger partial charge in [-0.05, 0) is 45.7 Å². The molecule has 0 aliphatic rings. The molecule has 0 aromatic carbocycles. The van der Waals surface area contributed by atoms with Gasteiger partial charge in [-0.25, -0.2) is 0 Å². The fraction of sp³-hybridized carbons (Fsp3) is 1.00. The van der Waals surface area contributed by atoms with Crippen LogP contribution in [0.3, 0.4) is 0 Å². The van der Waals surface area contributed by atoms with Crippen molar-refractivity contribution in [1.82, 2.24) is 10.2 Å². The molecule has 2 nitrogen and oxygen atoms in total. The molecule has 0 bridgehead atoms. The molecule has 0 saturated carbocycles. The molecule has 0 saturated heterocycles. The highest BCUT2D eigenvalue weighted by molar-refractivity contribution is 4.63. The van der Waals surface area contributed by atoms with E-state index in [1.165, 1.54) is 45.2 Å². The van der Waals surface area contributed by atoms with Gasteiger partial charge in [-0.15, -0.1) is 0 Å². The molecule has 1 unspecified atom stereocenters. The van der Waals surface area contributed by atoms with Crippen LogP contribution in [0.15, 0.2) is 0 Å². The van der Waals surface area contributed by atoms with E-state index < -0.39 is 0 Å². The lowest BCUT2D eigenvalue weighted by molar-refractivity contribution is 0.314. The molecule has 1 atom stereocenters. The Labute approximate surface area is 109 Å². The molecule has 2 heteroatoms. The Morgan fingerprint density at radius 1 is 1.00 bits per heavy atom. The molecule has 0 heterocycles. The summed E-state index contributed by atoms with van der Waals surface area (Å²) in [4.78, 5) is 2.44. The number of hydrogen-bond donors (Lipinski definition) is 1. The van der Waals surface area contributed by atoms with Crippen LogP contribution in [0.25, 0.3) is 0 Å². The quantitative estimate of drug-likeness (QED) is 0.558. The smallest absolute Gasteiger partial charge is 0.0104 e. The Balaban J connectivity index is 3.35. The lowest BCUT2D eigenvalue weighted by atomic mass is 10.0. The summed E-state index contributed by atoms with van der Waals surface area (Å²) in [6.07, 6.45) is 6.66.